The summed E-state index contributed by atoms with van der Waals surface area (Å²) < 4.78 is 1.21. The highest BCUT2D eigenvalue weighted by Gasteiger charge is 2.41. The topological polar surface area (TPSA) is 85.2 Å². The Balaban J connectivity index is 1.16. The van der Waals surface area contributed by atoms with Crippen LogP contribution in [0, 0.1) is 11.3 Å². The summed E-state index contributed by atoms with van der Waals surface area (Å²) in [5.74, 6) is 1.13. The van der Waals surface area contributed by atoms with Crippen LogP contribution in [-0.2, 0) is 4.79 Å². The van der Waals surface area contributed by atoms with E-state index in [4.69, 9.17) is 5.26 Å². The lowest BCUT2D eigenvalue weighted by molar-refractivity contribution is -0.132. The number of pyridine rings is 1. The van der Waals surface area contributed by atoms with Crippen molar-refractivity contribution in [3.63, 3.8) is 0 Å². The van der Waals surface area contributed by atoms with Gasteiger partial charge in [-0.15, -0.1) is 11.3 Å². The summed E-state index contributed by atoms with van der Waals surface area (Å²) in [7, 11) is 0. The summed E-state index contributed by atoms with van der Waals surface area (Å²) in [5, 5.41) is 12.5. The molecule has 0 spiro atoms. The summed E-state index contributed by atoms with van der Waals surface area (Å²) in [6.07, 6.45) is 4.28. The van der Waals surface area contributed by atoms with Crippen LogP contribution in [0.1, 0.15) is 43.4 Å². The number of hydrogen-bond acceptors (Lipinski definition) is 7. The van der Waals surface area contributed by atoms with Crippen LogP contribution in [0.2, 0.25) is 0 Å². The second-order valence-corrected chi connectivity index (χ2v) is 9.44. The first-order valence-electron chi connectivity index (χ1n) is 11.1. The van der Waals surface area contributed by atoms with Gasteiger partial charge in [0.05, 0.1) is 21.3 Å². The molecule has 0 radical (unpaired) electrons. The average molecular weight is 447 g/mol. The molecule has 5 rings (SSSR count). The van der Waals surface area contributed by atoms with Crippen molar-refractivity contribution in [2.45, 2.75) is 44.3 Å². The Labute approximate surface area is 191 Å². The number of carbonyl (C=O) groups excluding carboxylic acids is 1. The Morgan fingerprint density at radius 2 is 2.06 bits per heavy atom. The minimum atomic E-state index is 0.169. The third-order valence-electron chi connectivity index (χ3n) is 6.62. The number of likely N-dealkylation sites (tertiary alicyclic amines) is 1. The first-order valence-corrected chi connectivity index (χ1v) is 12.0. The number of nitrogens with zero attached hydrogens (tertiary/aromatic N) is 5. The molecule has 3 atom stereocenters. The molecule has 8 heteroatoms. The van der Waals surface area contributed by atoms with Crippen LogP contribution in [0.5, 0.6) is 0 Å². The number of amides is 1. The van der Waals surface area contributed by atoms with E-state index in [0.29, 0.717) is 30.6 Å². The molecule has 0 aliphatic carbocycles. The smallest absolute Gasteiger partial charge is 0.223 e. The van der Waals surface area contributed by atoms with Gasteiger partial charge in [0.15, 0.2) is 0 Å². The van der Waals surface area contributed by atoms with Crippen molar-refractivity contribution in [3.8, 4) is 6.07 Å². The van der Waals surface area contributed by atoms with Gasteiger partial charge in [-0.25, -0.2) is 9.97 Å². The fraction of sp³-hybridized carbons (Fsp3) is 0.417. The number of hydrogen-bond donors (Lipinski definition) is 1. The van der Waals surface area contributed by atoms with Gasteiger partial charge in [0.1, 0.15) is 11.9 Å². The average Bonchev–Trinajstić information content (AvgIpc) is 3.40. The monoisotopic (exact) mass is 446 g/mol. The number of carbonyl (C=O) groups is 1. The summed E-state index contributed by atoms with van der Waals surface area (Å²) >= 11 is 1.66. The molecule has 164 valence electrons. The Kier molecular flexibility index (Phi) is 5.77. The van der Waals surface area contributed by atoms with Crippen molar-refractivity contribution >= 4 is 33.3 Å². The molecule has 32 heavy (non-hydrogen) atoms. The molecule has 3 unspecified atom stereocenters. The van der Waals surface area contributed by atoms with Gasteiger partial charge in [-0.2, -0.15) is 5.26 Å². The van der Waals surface area contributed by atoms with Crippen molar-refractivity contribution in [3.05, 3.63) is 53.2 Å². The van der Waals surface area contributed by atoms with E-state index in [1.807, 2.05) is 34.7 Å². The molecular weight excluding hydrogens is 420 g/mol. The van der Waals surface area contributed by atoms with Crippen molar-refractivity contribution in [2.75, 3.05) is 24.5 Å². The number of fused-ring (bicyclic) bond motifs is 3. The second kappa shape index (κ2) is 8.85. The van der Waals surface area contributed by atoms with Crippen molar-refractivity contribution in [1.82, 2.24) is 20.2 Å². The largest absolute Gasteiger partial charge is 0.347 e. The third kappa shape index (κ3) is 3.94. The molecule has 7 nitrogen and oxygen atoms in total. The van der Waals surface area contributed by atoms with Crippen LogP contribution in [0.25, 0.3) is 10.2 Å². The van der Waals surface area contributed by atoms with E-state index >= 15 is 0 Å². The molecule has 2 fully saturated rings. The maximum atomic E-state index is 12.9. The third-order valence-corrected chi connectivity index (χ3v) is 7.51. The van der Waals surface area contributed by atoms with Crippen LogP contribution in [0.4, 0.5) is 5.82 Å². The number of anilines is 1. The number of piperazine rings is 1. The molecule has 3 aromatic rings. The zero-order chi connectivity index (χ0) is 22.1. The standard InChI is InChI=1S/C24H26N6OS/c1-16(20-3-2-4-21-24(20)32-15-28-21)26-10-9-23(31)29-13-18-6-7-19(14-29)30(18)22-8-5-17(11-25)12-27-22/h2-5,8,12,15-16,18-19,26H,6-7,9-10,13-14H2,1H3. The minimum Gasteiger partial charge on any atom is -0.347 e. The number of nitrogens with one attached hydrogen (secondary N) is 1. The highest BCUT2D eigenvalue weighted by Crippen LogP contribution is 2.34. The number of thiazole rings is 1. The van der Waals surface area contributed by atoms with Gasteiger partial charge in [-0.3, -0.25) is 4.79 Å². The van der Waals surface area contributed by atoms with Gasteiger partial charge in [-0.1, -0.05) is 12.1 Å². The SMILES string of the molecule is CC(NCCC(=O)N1CC2CCC(C1)N2c1ccc(C#N)cn1)c1cccc2ncsc12. The summed E-state index contributed by atoms with van der Waals surface area (Å²) in [4.78, 5) is 26.2. The molecule has 2 aliphatic rings. The van der Waals surface area contributed by atoms with Crippen LogP contribution in [0.3, 0.4) is 0 Å². The predicted octanol–water partition coefficient (Wildman–Crippen LogP) is 3.48. The fourth-order valence-electron chi connectivity index (χ4n) is 5.00. The molecule has 4 heterocycles. The Hall–Kier alpha value is -3.02. The zero-order valence-corrected chi connectivity index (χ0v) is 18.9. The van der Waals surface area contributed by atoms with E-state index in [9.17, 15) is 4.79 Å². The van der Waals surface area contributed by atoms with E-state index in [1.54, 1.807) is 17.5 Å². The summed E-state index contributed by atoms with van der Waals surface area (Å²) in [5.41, 5.74) is 4.72. The van der Waals surface area contributed by atoms with Gasteiger partial charge < -0.3 is 15.1 Å². The Bertz CT molecular complexity index is 1140. The van der Waals surface area contributed by atoms with Gasteiger partial charge in [0, 0.05) is 50.4 Å². The molecule has 2 bridgehead atoms. The molecule has 2 aromatic heterocycles. The van der Waals surface area contributed by atoms with Gasteiger partial charge in [0.25, 0.3) is 0 Å². The van der Waals surface area contributed by atoms with Crippen LogP contribution < -0.4 is 10.2 Å². The highest BCUT2D eigenvalue weighted by atomic mass is 32.1. The predicted molar refractivity (Wildman–Crippen MR) is 125 cm³/mol. The van der Waals surface area contributed by atoms with E-state index in [0.717, 1.165) is 37.3 Å². The second-order valence-electron chi connectivity index (χ2n) is 8.58. The normalized spacial score (nSPS) is 21.0. The lowest BCUT2D eigenvalue weighted by Crippen LogP contribution is -2.56. The van der Waals surface area contributed by atoms with Gasteiger partial charge in [-0.05, 0) is 43.5 Å². The van der Waals surface area contributed by atoms with Crippen molar-refractivity contribution in [2.24, 2.45) is 0 Å². The quantitative estimate of drug-likeness (QED) is 0.624. The maximum Gasteiger partial charge on any atom is 0.223 e. The van der Waals surface area contributed by atoms with Crippen molar-refractivity contribution < 1.29 is 4.79 Å². The molecule has 1 aromatic carbocycles. The lowest BCUT2D eigenvalue weighted by atomic mass is 10.1. The fourth-order valence-corrected chi connectivity index (χ4v) is 5.89. The lowest BCUT2D eigenvalue weighted by Gasteiger charge is -2.42. The number of nitriles is 1. The molecule has 2 aliphatic heterocycles. The summed E-state index contributed by atoms with van der Waals surface area (Å²) in [6, 6.07) is 12.8. The van der Waals surface area contributed by atoms with Crippen molar-refractivity contribution in [1.29, 1.82) is 5.26 Å². The van der Waals surface area contributed by atoms with E-state index < -0.39 is 0 Å². The maximum absolute atomic E-state index is 12.9. The first kappa shape index (κ1) is 20.9. The molecular formula is C24H26N6OS. The number of rotatable bonds is 6. The minimum absolute atomic E-state index is 0.169. The highest BCUT2D eigenvalue weighted by molar-refractivity contribution is 7.16. The first-order chi connectivity index (χ1) is 15.6. The Morgan fingerprint density at radius 1 is 1.25 bits per heavy atom. The number of aromatic nitrogens is 2. The van der Waals surface area contributed by atoms with E-state index in [-0.39, 0.29) is 11.9 Å². The molecule has 1 amide bonds. The Morgan fingerprint density at radius 3 is 2.78 bits per heavy atom. The van der Waals surface area contributed by atoms with E-state index in [1.165, 1.54) is 10.3 Å². The number of benzene rings is 1. The van der Waals surface area contributed by atoms with Crippen LogP contribution in [-0.4, -0.2) is 52.5 Å². The van der Waals surface area contributed by atoms with Gasteiger partial charge in [0.2, 0.25) is 5.91 Å². The van der Waals surface area contributed by atoms with Crippen LogP contribution >= 0.6 is 11.3 Å². The molecule has 1 N–H and O–H groups in total. The molecule has 0 saturated carbocycles. The summed E-state index contributed by atoms with van der Waals surface area (Å²) in [6.45, 7) is 4.28. The zero-order valence-electron chi connectivity index (χ0n) is 18.1. The van der Waals surface area contributed by atoms with Gasteiger partial charge >= 0.3 is 0 Å². The van der Waals surface area contributed by atoms with E-state index in [2.05, 4.69) is 39.2 Å². The molecule has 2 saturated heterocycles. The van der Waals surface area contributed by atoms with Crippen LogP contribution in [0.15, 0.2) is 42.0 Å².